The van der Waals surface area contributed by atoms with Crippen molar-refractivity contribution in [2.45, 2.75) is 57.2 Å². The highest BCUT2D eigenvalue weighted by molar-refractivity contribution is 7.88. The molecule has 2 aliphatic rings. The van der Waals surface area contributed by atoms with Gasteiger partial charge in [-0.25, -0.2) is 28.1 Å². The smallest absolute Gasteiger partial charge is 0.209 e. The van der Waals surface area contributed by atoms with Crippen LogP contribution in [0.15, 0.2) is 61.1 Å². The van der Waals surface area contributed by atoms with E-state index in [9.17, 15) is 8.42 Å². The number of fused-ring (bicyclic) bond motifs is 2. The van der Waals surface area contributed by atoms with Gasteiger partial charge in [0.15, 0.2) is 5.82 Å². The number of hydrogen-bond donors (Lipinski definition) is 2. The average molecular weight is 560 g/mol. The molecule has 0 amide bonds. The van der Waals surface area contributed by atoms with Gasteiger partial charge in [-0.2, -0.15) is 0 Å². The predicted molar refractivity (Wildman–Crippen MR) is 159 cm³/mol. The lowest BCUT2D eigenvalue weighted by molar-refractivity contribution is 0.236. The molecule has 0 spiro atoms. The summed E-state index contributed by atoms with van der Waals surface area (Å²) in [5.74, 6) is 1.32. The number of nitrogens with one attached hydrogen (secondary N) is 2. The highest BCUT2D eigenvalue weighted by Crippen LogP contribution is 2.31. The molecule has 0 saturated heterocycles. The number of pyridine rings is 1. The van der Waals surface area contributed by atoms with E-state index in [1.165, 1.54) is 49.5 Å². The van der Waals surface area contributed by atoms with Gasteiger partial charge in [-0.05, 0) is 48.6 Å². The minimum Gasteiger partial charge on any atom is -0.368 e. The maximum Gasteiger partial charge on any atom is 0.209 e. The van der Waals surface area contributed by atoms with Crippen molar-refractivity contribution in [3.05, 3.63) is 72.2 Å². The molecule has 210 valence electrons. The van der Waals surface area contributed by atoms with Crippen LogP contribution >= 0.6 is 0 Å². The molecular weight excluding hydrogens is 522 g/mol. The number of sulfonamides is 1. The van der Waals surface area contributed by atoms with Gasteiger partial charge in [0.05, 0.1) is 12.3 Å². The molecule has 10 heteroatoms. The van der Waals surface area contributed by atoms with Crippen LogP contribution in [0.5, 0.6) is 0 Å². The van der Waals surface area contributed by atoms with Crippen molar-refractivity contribution in [3.63, 3.8) is 0 Å². The summed E-state index contributed by atoms with van der Waals surface area (Å²) < 4.78 is 29.5. The zero-order valence-electron chi connectivity index (χ0n) is 23.0. The Hall–Kier alpha value is -3.34. The lowest BCUT2D eigenvalue weighted by atomic mass is 9.95. The van der Waals surface area contributed by atoms with Gasteiger partial charge in [-0.15, -0.1) is 0 Å². The number of anilines is 1. The Bertz CT molecular complexity index is 1580. The zero-order valence-corrected chi connectivity index (χ0v) is 23.8. The first-order valence-corrected chi connectivity index (χ1v) is 16.1. The van der Waals surface area contributed by atoms with Gasteiger partial charge in [0.2, 0.25) is 10.0 Å². The lowest BCUT2D eigenvalue weighted by Gasteiger charge is -2.32. The summed E-state index contributed by atoms with van der Waals surface area (Å²) in [7, 11) is -3.38. The number of hydrogen-bond acceptors (Lipinski definition) is 7. The van der Waals surface area contributed by atoms with Gasteiger partial charge in [-0.3, -0.25) is 4.90 Å². The van der Waals surface area contributed by atoms with Crippen LogP contribution in [0.25, 0.3) is 22.4 Å². The number of benzene rings is 1. The van der Waals surface area contributed by atoms with Crippen LogP contribution in [-0.4, -0.2) is 64.8 Å². The van der Waals surface area contributed by atoms with Crippen LogP contribution < -0.4 is 10.0 Å². The van der Waals surface area contributed by atoms with Gasteiger partial charge < -0.3 is 9.88 Å². The average Bonchev–Trinajstić information content (AvgIpc) is 3.39. The summed E-state index contributed by atoms with van der Waals surface area (Å²) in [6.07, 6.45) is 14.2. The molecular formula is C30H37N7O2S. The van der Waals surface area contributed by atoms with E-state index in [1.54, 1.807) is 6.20 Å². The normalized spacial score (nSPS) is 17.5. The molecule has 4 heterocycles. The molecule has 1 aromatic carbocycles. The van der Waals surface area contributed by atoms with E-state index in [-0.39, 0.29) is 6.04 Å². The zero-order chi connectivity index (χ0) is 27.5. The second-order valence-electron chi connectivity index (χ2n) is 11.1. The monoisotopic (exact) mass is 559 g/mol. The van der Waals surface area contributed by atoms with E-state index in [4.69, 9.17) is 4.98 Å². The van der Waals surface area contributed by atoms with Crippen LogP contribution in [-0.2, 0) is 23.0 Å². The van der Waals surface area contributed by atoms with Crippen LogP contribution in [0.4, 0.5) is 5.82 Å². The predicted octanol–water partition coefficient (Wildman–Crippen LogP) is 4.39. The van der Waals surface area contributed by atoms with Gasteiger partial charge >= 0.3 is 0 Å². The number of rotatable bonds is 9. The summed E-state index contributed by atoms with van der Waals surface area (Å²) in [4.78, 5) is 16.4. The molecule has 1 unspecified atom stereocenters. The van der Waals surface area contributed by atoms with Crippen molar-refractivity contribution < 1.29 is 8.42 Å². The van der Waals surface area contributed by atoms with E-state index >= 15 is 0 Å². The fourth-order valence-corrected chi connectivity index (χ4v) is 6.86. The van der Waals surface area contributed by atoms with E-state index in [0.29, 0.717) is 30.8 Å². The molecule has 6 rings (SSSR count). The summed E-state index contributed by atoms with van der Waals surface area (Å²) in [6.45, 7) is 2.72. The Morgan fingerprint density at radius 1 is 1.05 bits per heavy atom. The van der Waals surface area contributed by atoms with Crippen molar-refractivity contribution in [1.29, 1.82) is 0 Å². The summed E-state index contributed by atoms with van der Waals surface area (Å²) in [5, 5.41) is 4.41. The van der Waals surface area contributed by atoms with Crippen molar-refractivity contribution in [1.82, 2.24) is 29.1 Å². The van der Waals surface area contributed by atoms with E-state index in [2.05, 4.69) is 66.0 Å². The summed E-state index contributed by atoms with van der Waals surface area (Å²) in [6, 6.07) is 14.6. The SMILES string of the molecule is CS(=O)(=O)NC(CNc1cc(-c2ncc3ccn(C4CCCCC4)c3n2)ccn1)CN1CCc2ccccc2C1. The Morgan fingerprint density at radius 2 is 1.88 bits per heavy atom. The second kappa shape index (κ2) is 11.6. The Kier molecular flexibility index (Phi) is 7.82. The maximum atomic E-state index is 12.2. The van der Waals surface area contributed by atoms with E-state index < -0.39 is 10.0 Å². The van der Waals surface area contributed by atoms with Crippen molar-refractivity contribution >= 4 is 26.9 Å². The largest absolute Gasteiger partial charge is 0.368 e. The topological polar surface area (TPSA) is 105 Å². The van der Waals surface area contributed by atoms with Crippen LogP contribution in [0.1, 0.15) is 49.3 Å². The molecule has 2 N–H and O–H groups in total. The fraction of sp³-hybridized carbons (Fsp3) is 0.433. The Morgan fingerprint density at radius 3 is 2.70 bits per heavy atom. The highest BCUT2D eigenvalue weighted by atomic mass is 32.2. The quantitative estimate of drug-likeness (QED) is 0.313. The summed E-state index contributed by atoms with van der Waals surface area (Å²) >= 11 is 0. The molecule has 1 fully saturated rings. The van der Waals surface area contributed by atoms with Crippen LogP contribution in [0.2, 0.25) is 0 Å². The van der Waals surface area contributed by atoms with Crippen molar-refractivity contribution in [2.24, 2.45) is 0 Å². The van der Waals surface area contributed by atoms with Crippen LogP contribution in [0, 0.1) is 0 Å². The standard InChI is InChI=1S/C30H37N7O2S/c1-40(38,39)35-26(21-36-15-12-22-7-5-6-8-25(22)20-36)19-32-28-17-23(11-14-31-28)29-33-18-24-13-16-37(30(24)34-29)27-9-3-2-4-10-27/h5-8,11,13-14,16-18,26-27,35H,2-4,9-10,12,15,19-21H2,1H3,(H,31,32). The Balaban J connectivity index is 1.16. The third-order valence-corrected chi connectivity index (χ3v) is 8.80. The molecule has 3 aromatic heterocycles. The minimum absolute atomic E-state index is 0.308. The van der Waals surface area contributed by atoms with Gasteiger partial charge in [0.25, 0.3) is 0 Å². The lowest BCUT2D eigenvalue weighted by Crippen LogP contribution is -2.48. The molecule has 1 atom stereocenters. The molecule has 1 saturated carbocycles. The van der Waals surface area contributed by atoms with E-state index in [1.807, 2.05) is 18.3 Å². The number of aromatic nitrogens is 4. The Labute approximate surface area is 236 Å². The molecule has 1 aliphatic heterocycles. The van der Waals surface area contributed by atoms with Gasteiger partial charge in [-0.1, -0.05) is 43.5 Å². The second-order valence-corrected chi connectivity index (χ2v) is 12.9. The van der Waals surface area contributed by atoms with Crippen molar-refractivity contribution in [2.75, 3.05) is 31.2 Å². The van der Waals surface area contributed by atoms with Crippen molar-refractivity contribution in [3.8, 4) is 11.4 Å². The first kappa shape index (κ1) is 26.9. The third-order valence-electron chi connectivity index (χ3n) is 8.04. The van der Waals surface area contributed by atoms with Gasteiger partial charge in [0.1, 0.15) is 11.5 Å². The fourth-order valence-electron chi connectivity index (χ4n) is 6.09. The van der Waals surface area contributed by atoms with E-state index in [0.717, 1.165) is 36.1 Å². The first-order valence-electron chi connectivity index (χ1n) is 14.2. The number of nitrogens with zero attached hydrogens (tertiary/aromatic N) is 5. The third kappa shape index (κ3) is 6.35. The first-order chi connectivity index (χ1) is 19.4. The van der Waals surface area contributed by atoms with Crippen LogP contribution in [0.3, 0.4) is 0 Å². The molecule has 40 heavy (non-hydrogen) atoms. The molecule has 4 aromatic rings. The minimum atomic E-state index is -3.38. The molecule has 1 aliphatic carbocycles. The maximum absolute atomic E-state index is 12.2. The molecule has 0 radical (unpaired) electrons. The molecule has 9 nitrogen and oxygen atoms in total. The summed E-state index contributed by atoms with van der Waals surface area (Å²) in [5.41, 5.74) is 4.53. The van der Waals surface area contributed by atoms with Gasteiger partial charge in [0, 0.05) is 61.8 Å². The molecule has 0 bridgehead atoms. The highest BCUT2D eigenvalue weighted by Gasteiger charge is 2.22.